The molecule has 0 bridgehead atoms. The van der Waals surface area contributed by atoms with Crippen molar-refractivity contribution in [2.45, 2.75) is 18.9 Å². The van der Waals surface area contributed by atoms with E-state index in [0.717, 1.165) is 19.4 Å². The molecule has 1 aliphatic rings. The lowest BCUT2D eigenvalue weighted by atomic mass is 9.95. The molecule has 17 heavy (non-hydrogen) atoms. The van der Waals surface area contributed by atoms with E-state index in [9.17, 15) is 8.42 Å². The maximum atomic E-state index is 10.5. The van der Waals surface area contributed by atoms with Gasteiger partial charge in [-0.1, -0.05) is 30.3 Å². The summed E-state index contributed by atoms with van der Waals surface area (Å²) in [6.45, 7) is 1.52. The molecule has 2 atom stereocenters. The summed E-state index contributed by atoms with van der Waals surface area (Å²) in [5, 5.41) is 3.44. The van der Waals surface area contributed by atoms with Crippen molar-refractivity contribution in [2.24, 2.45) is 5.92 Å². The highest BCUT2D eigenvalue weighted by Gasteiger charge is 2.26. The van der Waals surface area contributed by atoms with Gasteiger partial charge in [-0.15, -0.1) is 0 Å². The van der Waals surface area contributed by atoms with Crippen LogP contribution in [0.3, 0.4) is 0 Å². The molecule has 1 heterocycles. The van der Waals surface area contributed by atoms with Gasteiger partial charge in [-0.25, -0.2) is 13.1 Å². The first kappa shape index (κ1) is 12.5. The Hall–Kier alpha value is -0.910. The van der Waals surface area contributed by atoms with Crippen LogP contribution < -0.4 is 10.0 Å². The summed E-state index contributed by atoms with van der Waals surface area (Å²) in [4.78, 5) is 0. The van der Waals surface area contributed by atoms with Crippen LogP contribution in [0.25, 0.3) is 0 Å². The van der Waals surface area contributed by atoms with Crippen LogP contribution >= 0.6 is 0 Å². The van der Waals surface area contributed by atoms with E-state index in [2.05, 4.69) is 22.2 Å². The Morgan fingerprint density at radius 3 is 2.76 bits per heavy atom. The molecule has 1 aliphatic heterocycles. The van der Waals surface area contributed by atoms with E-state index in [0.29, 0.717) is 18.5 Å². The molecule has 1 aromatic carbocycles. The van der Waals surface area contributed by atoms with Crippen molar-refractivity contribution in [3.8, 4) is 0 Å². The zero-order valence-electron chi connectivity index (χ0n) is 9.63. The summed E-state index contributed by atoms with van der Waals surface area (Å²) < 4.78 is 23.6. The SMILES string of the molecule is O=[SH](=O)NCC1CCNC1Cc1ccccc1. The van der Waals surface area contributed by atoms with E-state index in [4.69, 9.17) is 0 Å². The third-order valence-corrected chi connectivity index (χ3v) is 3.71. The molecule has 2 unspecified atom stereocenters. The average molecular weight is 254 g/mol. The van der Waals surface area contributed by atoms with Crippen LogP contribution in [0.5, 0.6) is 0 Å². The van der Waals surface area contributed by atoms with E-state index in [1.807, 2.05) is 18.2 Å². The zero-order chi connectivity index (χ0) is 12.1. The molecule has 0 aromatic heterocycles. The van der Waals surface area contributed by atoms with Crippen molar-refractivity contribution in [1.82, 2.24) is 10.0 Å². The van der Waals surface area contributed by atoms with Gasteiger partial charge in [-0.05, 0) is 30.9 Å². The molecule has 1 fully saturated rings. The molecular formula is C12H18N2O2S. The molecule has 0 radical (unpaired) electrons. The minimum absolute atomic E-state index is 0.375. The summed E-state index contributed by atoms with van der Waals surface area (Å²) in [7, 11) is -2.47. The minimum atomic E-state index is -2.47. The van der Waals surface area contributed by atoms with E-state index >= 15 is 0 Å². The first-order valence-electron chi connectivity index (χ1n) is 5.91. The Labute approximate surface area is 104 Å². The van der Waals surface area contributed by atoms with Gasteiger partial charge < -0.3 is 5.32 Å². The highest BCUT2D eigenvalue weighted by atomic mass is 32.2. The van der Waals surface area contributed by atoms with Crippen LogP contribution in [-0.2, 0) is 17.3 Å². The number of benzene rings is 1. The quantitative estimate of drug-likeness (QED) is 0.663. The largest absolute Gasteiger partial charge is 0.313 e. The van der Waals surface area contributed by atoms with E-state index < -0.39 is 10.9 Å². The second-order valence-electron chi connectivity index (χ2n) is 4.42. The highest BCUT2D eigenvalue weighted by molar-refractivity contribution is 7.70. The van der Waals surface area contributed by atoms with Gasteiger partial charge in [0.05, 0.1) is 0 Å². The van der Waals surface area contributed by atoms with Gasteiger partial charge in [-0.2, -0.15) is 0 Å². The summed E-state index contributed by atoms with van der Waals surface area (Å²) in [6.07, 6.45) is 2.00. The van der Waals surface area contributed by atoms with Gasteiger partial charge in [0.2, 0.25) is 10.9 Å². The van der Waals surface area contributed by atoms with Crippen molar-refractivity contribution in [2.75, 3.05) is 13.1 Å². The lowest BCUT2D eigenvalue weighted by Gasteiger charge is -2.18. The van der Waals surface area contributed by atoms with Gasteiger partial charge in [0.25, 0.3) is 0 Å². The van der Waals surface area contributed by atoms with Gasteiger partial charge in [0.15, 0.2) is 0 Å². The fourth-order valence-corrected chi connectivity index (χ4v) is 2.75. The molecule has 1 saturated heterocycles. The first-order valence-corrected chi connectivity index (χ1v) is 7.08. The van der Waals surface area contributed by atoms with E-state index in [-0.39, 0.29) is 0 Å². The topological polar surface area (TPSA) is 58.2 Å². The Bertz CT molecular complexity index is 412. The predicted octanol–water partition coefficient (Wildman–Crippen LogP) is 0.323. The van der Waals surface area contributed by atoms with Gasteiger partial charge in [0.1, 0.15) is 0 Å². The summed E-state index contributed by atoms with van der Waals surface area (Å²) >= 11 is 0. The lowest BCUT2D eigenvalue weighted by molar-refractivity contribution is 0.440. The van der Waals surface area contributed by atoms with Crippen LogP contribution in [0.4, 0.5) is 0 Å². The number of rotatable bonds is 5. The maximum Gasteiger partial charge on any atom is 0.201 e. The number of thiol groups is 1. The van der Waals surface area contributed by atoms with Crippen LogP contribution in [0.15, 0.2) is 30.3 Å². The normalized spacial score (nSPS) is 24.3. The molecule has 1 aromatic rings. The van der Waals surface area contributed by atoms with E-state index in [1.165, 1.54) is 5.56 Å². The Balaban J connectivity index is 1.91. The smallest absolute Gasteiger partial charge is 0.201 e. The molecule has 0 amide bonds. The number of hydrogen-bond donors (Lipinski definition) is 3. The maximum absolute atomic E-state index is 10.5. The predicted molar refractivity (Wildman–Crippen MR) is 68.4 cm³/mol. The molecule has 0 spiro atoms. The van der Waals surface area contributed by atoms with Crippen LogP contribution in [0.1, 0.15) is 12.0 Å². The Morgan fingerprint density at radius 2 is 2.06 bits per heavy atom. The van der Waals surface area contributed by atoms with Gasteiger partial charge in [0, 0.05) is 12.6 Å². The van der Waals surface area contributed by atoms with Crippen molar-refractivity contribution in [1.29, 1.82) is 0 Å². The molecule has 2 rings (SSSR count). The highest BCUT2D eigenvalue weighted by Crippen LogP contribution is 2.18. The van der Waals surface area contributed by atoms with Crippen molar-refractivity contribution in [3.05, 3.63) is 35.9 Å². The lowest BCUT2D eigenvalue weighted by Crippen LogP contribution is -2.34. The van der Waals surface area contributed by atoms with Crippen LogP contribution in [0, 0.1) is 5.92 Å². The second-order valence-corrected chi connectivity index (χ2v) is 5.25. The van der Waals surface area contributed by atoms with Crippen LogP contribution in [-0.4, -0.2) is 27.5 Å². The monoisotopic (exact) mass is 254 g/mol. The summed E-state index contributed by atoms with van der Waals surface area (Å²) in [6, 6.07) is 10.7. The standard InChI is InChI=1S/C12H18N2O2S/c15-17(16)14-9-11-6-7-13-12(11)8-10-4-2-1-3-5-10/h1-5,11-13,17H,6-9H2,(H,14,15,16). The summed E-state index contributed by atoms with van der Waals surface area (Å²) in [5.74, 6) is 0.392. The third-order valence-electron chi connectivity index (χ3n) is 3.27. The average Bonchev–Trinajstić information content (AvgIpc) is 2.75. The fraction of sp³-hybridized carbons (Fsp3) is 0.500. The molecule has 2 N–H and O–H groups in total. The van der Waals surface area contributed by atoms with Gasteiger partial charge >= 0.3 is 0 Å². The molecule has 94 valence electrons. The molecule has 4 nitrogen and oxygen atoms in total. The third kappa shape index (κ3) is 3.80. The minimum Gasteiger partial charge on any atom is -0.313 e. The zero-order valence-corrected chi connectivity index (χ0v) is 10.5. The van der Waals surface area contributed by atoms with Crippen LogP contribution in [0.2, 0.25) is 0 Å². The molecule has 0 aliphatic carbocycles. The number of hydrogen-bond acceptors (Lipinski definition) is 3. The fourth-order valence-electron chi connectivity index (χ4n) is 2.36. The van der Waals surface area contributed by atoms with E-state index in [1.54, 1.807) is 0 Å². The van der Waals surface area contributed by atoms with Crippen molar-refractivity contribution in [3.63, 3.8) is 0 Å². The Morgan fingerprint density at radius 1 is 1.29 bits per heavy atom. The molecular weight excluding hydrogens is 236 g/mol. The number of nitrogens with one attached hydrogen (secondary N) is 2. The van der Waals surface area contributed by atoms with Gasteiger partial charge in [-0.3, -0.25) is 0 Å². The first-order chi connectivity index (χ1) is 8.25. The summed E-state index contributed by atoms with van der Waals surface area (Å²) in [5.41, 5.74) is 1.29. The van der Waals surface area contributed by atoms with Crippen molar-refractivity contribution < 1.29 is 8.42 Å². The Kier molecular flexibility index (Phi) is 4.53. The second kappa shape index (κ2) is 6.14. The molecule has 0 saturated carbocycles. The molecule has 5 heteroatoms. The van der Waals surface area contributed by atoms with Crippen molar-refractivity contribution >= 4 is 10.9 Å².